The van der Waals surface area contributed by atoms with E-state index >= 15 is 0 Å². The Labute approximate surface area is 104 Å². The van der Waals surface area contributed by atoms with Crippen LogP contribution in [0.15, 0.2) is 59.5 Å². The van der Waals surface area contributed by atoms with Gasteiger partial charge in [-0.2, -0.15) is 0 Å². The molecule has 18 heavy (non-hydrogen) atoms. The summed E-state index contributed by atoms with van der Waals surface area (Å²) in [6, 6.07) is 11.6. The second-order valence-corrected chi connectivity index (χ2v) is 4.06. The highest BCUT2D eigenvalue weighted by Crippen LogP contribution is 2.28. The van der Waals surface area contributed by atoms with E-state index in [1.807, 2.05) is 36.5 Å². The van der Waals surface area contributed by atoms with Gasteiger partial charge in [-0.15, -0.1) is 0 Å². The van der Waals surface area contributed by atoms with E-state index in [2.05, 4.69) is 16.5 Å². The van der Waals surface area contributed by atoms with Crippen LogP contribution in [-0.2, 0) is 0 Å². The lowest BCUT2D eigenvalue weighted by Crippen LogP contribution is -2.28. The first-order valence-electron chi connectivity index (χ1n) is 5.72. The van der Waals surface area contributed by atoms with E-state index in [1.54, 1.807) is 12.5 Å². The number of nitrogens with two attached hydrogens (primary N) is 1. The van der Waals surface area contributed by atoms with Crippen molar-refractivity contribution in [2.24, 2.45) is 5.84 Å². The lowest BCUT2D eigenvalue weighted by atomic mass is 9.99. The third-order valence-corrected chi connectivity index (χ3v) is 3.02. The molecule has 0 saturated heterocycles. The second-order valence-electron chi connectivity index (χ2n) is 4.06. The number of nitrogens with one attached hydrogen (secondary N) is 1. The summed E-state index contributed by atoms with van der Waals surface area (Å²) in [4.78, 5) is 4.17. The highest BCUT2D eigenvalue weighted by Gasteiger charge is 2.17. The summed E-state index contributed by atoms with van der Waals surface area (Å²) in [5.74, 6) is 6.44. The molecule has 0 amide bonds. The molecular weight excluding hydrogens is 226 g/mol. The average molecular weight is 239 g/mol. The third-order valence-electron chi connectivity index (χ3n) is 3.02. The average Bonchev–Trinajstić information content (AvgIpc) is 2.94. The van der Waals surface area contributed by atoms with Gasteiger partial charge >= 0.3 is 0 Å². The maximum atomic E-state index is 5.66. The summed E-state index contributed by atoms with van der Waals surface area (Å²) in [5, 5.41) is 2.20. The van der Waals surface area contributed by atoms with Crippen LogP contribution in [0.2, 0.25) is 0 Å². The van der Waals surface area contributed by atoms with Gasteiger partial charge in [0.1, 0.15) is 11.8 Å². The molecule has 1 aromatic carbocycles. The molecule has 90 valence electrons. The Bertz CT molecular complexity index is 644. The molecule has 2 aromatic heterocycles. The summed E-state index contributed by atoms with van der Waals surface area (Å²) in [5.41, 5.74) is 3.85. The van der Waals surface area contributed by atoms with Crippen molar-refractivity contribution in [1.82, 2.24) is 10.4 Å². The Balaban J connectivity index is 2.18. The molecule has 3 rings (SSSR count). The molecule has 0 bridgehead atoms. The third kappa shape index (κ3) is 1.77. The summed E-state index contributed by atoms with van der Waals surface area (Å²) in [7, 11) is 0. The van der Waals surface area contributed by atoms with Crippen molar-refractivity contribution in [2.75, 3.05) is 0 Å². The molecule has 3 aromatic rings. The number of hydrogen-bond donors (Lipinski definition) is 2. The predicted octanol–water partition coefficient (Wildman–Crippen LogP) is 2.38. The molecule has 1 atom stereocenters. The number of hydrazine groups is 1. The zero-order chi connectivity index (χ0) is 12.4. The van der Waals surface area contributed by atoms with Gasteiger partial charge in [-0.25, -0.2) is 5.43 Å². The van der Waals surface area contributed by atoms with E-state index in [0.29, 0.717) is 0 Å². The Morgan fingerprint density at radius 2 is 2.11 bits per heavy atom. The van der Waals surface area contributed by atoms with Crippen LogP contribution in [0.3, 0.4) is 0 Å². The number of pyridine rings is 1. The maximum Gasteiger partial charge on any atom is 0.126 e. The zero-order valence-corrected chi connectivity index (χ0v) is 9.71. The number of fused-ring (bicyclic) bond motifs is 1. The van der Waals surface area contributed by atoms with E-state index in [0.717, 1.165) is 22.1 Å². The lowest BCUT2D eigenvalue weighted by Gasteiger charge is -2.15. The minimum atomic E-state index is -0.173. The predicted molar refractivity (Wildman–Crippen MR) is 69.6 cm³/mol. The maximum absolute atomic E-state index is 5.66. The number of aromatic nitrogens is 1. The second kappa shape index (κ2) is 4.60. The smallest absolute Gasteiger partial charge is 0.126 e. The molecular formula is C14H13N3O. The molecule has 4 nitrogen and oxygen atoms in total. The van der Waals surface area contributed by atoms with Crippen molar-refractivity contribution in [2.45, 2.75) is 6.04 Å². The van der Waals surface area contributed by atoms with Gasteiger partial charge in [-0.05, 0) is 29.1 Å². The summed E-state index contributed by atoms with van der Waals surface area (Å²) in [6.45, 7) is 0. The molecule has 1 unspecified atom stereocenters. The molecule has 0 spiro atoms. The fourth-order valence-corrected chi connectivity index (χ4v) is 2.17. The Kier molecular flexibility index (Phi) is 2.80. The van der Waals surface area contributed by atoms with Gasteiger partial charge in [0.25, 0.3) is 0 Å². The number of rotatable bonds is 3. The molecule has 0 saturated carbocycles. The van der Waals surface area contributed by atoms with Gasteiger partial charge in [0.05, 0.1) is 6.26 Å². The molecule has 0 aliphatic carbocycles. The summed E-state index contributed by atoms with van der Waals surface area (Å²) in [6.07, 6.45) is 5.27. The number of nitrogens with zero attached hydrogens (tertiary/aromatic N) is 1. The Morgan fingerprint density at radius 3 is 2.89 bits per heavy atom. The van der Waals surface area contributed by atoms with Gasteiger partial charge in [0.15, 0.2) is 0 Å². The Morgan fingerprint density at radius 1 is 1.17 bits per heavy atom. The van der Waals surface area contributed by atoms with Crippen LogP contribution in [0.4, 0.5) is 0 Å². The molecule has 0 fully saturated rings. The van der Waals surface area contributed by atoms with Crippen LogP contribution in [-0.4, -0.2) is 4.98 Å². The number of hydrogen-bond acceptors (Lipinski definition) is 4. The fourth-order valence-electron chi connectivity index (χ4n) is 2.17. The topological polar surface area (TPSA) is 64.1 Å². The first kappa shape index (κ1) is 11.0. The van der Waals surface area contributed by atoms with Crippen LogP contribution in [0, 0.1) is 0 Å². The van der Waals surface area contributed by atoms with E-state index < -0.39 is 0 Å². The first-order valence-corrected chi connectivity index (χ1v) is 5.72. The first-order chi connectivity index (χ1) is 8.90. The van der Waals surface area contributed by atoms with Crippen LogP contribution in [0.5, 0.6) is 0 Å². The minimum Gasteiger partial charge on any atom is -0.467 e. The monoisotopic (exact) mass is 239 g/mol. The normalized spacial score (nSPS) is 12.7. The van der Waals surface area contributed by atoms with Crippen molar-refractivity contribution in [3.63, 3.8) is 0 Å². The number of benzene rings is 1. The Hall–Kier alpha value is -2.17. The zero-order valence-electron chi connectivity index (χ0n) is 9.71. The fraction of sp³-hybridized carbons (Fsp3) is 0.0714. The molecule has 4 heteroatoms. The molecule has 0 radical (unpaired) electrons. The van der Waals surface area contributed by atoms with Crippen molar-refractivity contribution >= 4 is 10.8 Å². The summed E-state index contributed by atoms with van der Waals surface area (Å²) >= 11 is 0. The van der Waals surface area contributed by atoms with Gasteiger partial charge < -0.3 is 4.42 Å². The van der Waals surface area contributed by atoms with E-state index in [-0.39, 0.29) is 6.04 Å². The van der Waals surface area contributed by atoms with Gasteiger partial charge in [-0.3, -0.25) is 10.8 Å². The highest BCUT2D eigenvalue weighted by molar-refractivity contribution is 5.85. The molecule has 3 N–H and O–H groups in total. The lowest BCUT2D eigenvalue weighted by molar-refractivity contribution is 0.453. The van der Waals surface area contributed by atoms with Crippen LogP contribution in [0.1, 0.15) is 17.4 Å². The SMILES string of the molecule is NNC(c1ccco1)c1cccc2ccncc12. The van der Waals surface area contributed by atoms with Gasteiger partial charge in [0, 0.05) is 17.8 Å². The van der Waals surface area contributed by atoms with Crippen LogP contribution < -0.4 is 11.3 Å². The van der Waals surface area contributed by atoms with Crippen molar-refractivity contribution in [3.05, 3.63) is 66.4 Å². The van der Waals surface area contributed by atoms with Gasteiger partial charge in [-0.1, -0.05) is 18.2 Å². The minimum absolute atomic E-state index is 0.173. The standard InChI is InChI=1S/C14H13N3O/c15-17-14(13-5-2-8-18-13)11-4-1-3-10-6-7-16-9-12(10)11/h1-9,14,17H,15H2. The van der Waals surface area contributed by atoms with E-state index in [1.165, 1.54) is 0 Å². The van der Waals surface area contributed by atoms with Crippen molar-refractivity contribution in [1.29, 1.82) is 0 Å². The van der Waals surface area contributed by atoms with E-state index in [9.17, 15) is 0 Å². The van der Waals surface area contributed by atoms with Crippen molar-refractivity contribution in [3.8, 4) is 0 Å². The largest absolute Gasteiger partial charge is 0.467 e. The number of furan rings is 1. The molecule has 0 aliphatic rings. The van der Waals surface area contributed by atoms with Crippen LogP contribution >= 0.6 is 0 Å². The van der Waals surface area contributed by atoms with Crippen LogP contribution in [0.25, 0.3) is 10.8 Å². The quantitative estimate of drug-likeness (QED) is 0.544. The molecule has 0 aliphatic heterocycles. The summed E-state index contributed by atoms with van der Waals surface area (Å²) < 4.78 is 5.43. The molecule has 2 heterocycles. The van der Waals surface area contributed by atoms with Crippen molar-refractivity contribution < 1.29 is 4.42 Å². The van der Waals surface area contributed by atoms with Gasteiger partial charge in [0.2, 0.25) is 0 Å². The highest BCUT2D eigenvalue weighted by atomic mass is 16.3. The van der Waals surface area contributed by atoms with E-state index in [4.69, 9.17) is 10.3 Å².